The monoisotopic (exact) mass is 253 g/mol. The van der Waals surface area contributed by atoms with Gasteiger partial charge in [0.05, 0.1) is 0 Å². The minimum absolute atomic E-state index is 0.213. The fourth-order valence-electron chi connectivity index (χ4n) is 1.93. The van der Waals surface area contributed by atoms with Crippen LogP contribution < -0.4 is 5.32 Å². The molecule has 0 heterocycles. The van der Waals surface area contributed by atoms with Gasteiger partial charge in [0.25, 0.3) is 0 Å². The van der Waals surface area contributed by atoms with Crippen LogP contribution in [0.15, 0.2) is 0 Å². The lowest BCUT2D eigenvalue weighted by atomic mass is 10.0. The van der Waals surface area contributed by atoms with E-state index in [0.717, 1.165) is 19.3 Å². The molecule has 0 aliphatic heterocycles. The molecule has 1 nitrogen and oxygen atoms in total. The van der Waals surface area contributed by atoms with Gasteiger partial charge < -0.3 is 5.32 Å². The van der Waals surface area contributed by atoms with E-state index >= 15 is 0 Å². The normalized spacial score (nSPS) is 13.9. The summed E-state index contributed by atoms with van der Waals surface area (Å²) in [6.45, 7) is 4.24. The molecule has 0 saturated carbocycles. The highest BCUT2D eigenvalue weighted by Crippen LogP contribution is 2.24. The average molecular weight is 253 g/mol. The second kappa shape index (κ2) is 9.75. The molecular weight excluding hydrogens is 227 g/mol. The fraction of sp³-hybridized carbons (Fsp3) is 1.00. The molecule has 104 valence electrons. The summed E-state index contributed by atoms with van der Waals surface area (Å²) in [6.07, 6.45) is 3.59. The maximum absolute atomic E-state index is 12.5. The molecule has 1 atom stereocenters. The summed E-state index contributed by atoms with van der Waals surface area (Å²) in [6, 6.07) is -1.32. The highest BCUT2D eigenvalue weighted by Gasteiger charge is 2.38. The first kappa shape index (κ1) is 16.8. The van der Waals surface area contributed by atoms with Gasteiger partial charge in [0, 0.05) is 0 Å². The van der Waals surface area contributed by atoms with Crippen LogP contribution in [0.3, 0.4) is 0 Å². The van der Waals surface area contributed by atoms with Crippen LogP contribution in [0.1, 0.15) is 65.2 Å². The second-order valence-electron chi connectivity index (χ2n) is 4.56. The summed E-state index contributed by atoms with van der Waals surface area (Å²) in [5.41, 5.74) is 0. The molecule has 1 unspecified atom stereocenters. The Balaban J connectivity index is 3.55. The summed E-state index contributed by atoms with van der Waals surface area (Å²) >= 11 is 0. The molecule has 0 fully saturated rings. The van der Waals surface area contributed by atoms with E-state index in [0.29, 0.717) is 13.0 Å². The van der Waals surface area contributed by atoms with Crippen LogP contribution in [0.2, 0.25) is 0 Å². The van der Waals surface area contributed by atoms with Gasteiger partial charge in [-0.2, -0.15) is 13.2 Å². The third-order valence-electron chi connectivity index (χ3n) is 2.94. The van der Waals surface area contributed by atoms with Crippen molar-refractivity contribution in [2.75, 3.05) is 6.54 Å². The molecule has 0 spiro atoms. The van der Waals surface area contributed by atoms with E-state index in [-0.39, 0.29) is 6.42 Å². The molecule has 0 amide bonds. The largest absolute Gasteiger partial charge is 0.403 e. The maximum Gasteiger partial charge on any atom is 0.403 e. The van der Waals surface area contributed by atoms with Crippen molar-refractivity contribution in [3.8, 4) is 0 Å². The maximum atomic E-state index is 12.5. The fourth-order valence-corrected chi connectivity index (χ4v) is 1.93. The lowest BCUT2D eigenvalue weighted by Gasteiger charge is -2.20. The van der Waals surface area contributed by atoms with Crippen LogP contribution >= 0.6 is 0 Å². The van der Waals surface area contributed by atoms with Gasteiger partial charge in [-0.05, 0) is 13.0 Å². The molecule has 0 aromatic carbocycles. The molecule has 17 heavy (non-hydrogen) atoms. The molecule has 0 bridgehead atoms. The molecular formula is C13H26F3N. The number of hydrogen-bond acceptors (Lipinski definition) is 1. The Morgan fingerprint density at radius 2 is 1.41 bits per heavy atom. The van der Waals surface area contributed by atoms with Gasteiger partial charge in [-0.3, -0.25) is 0 Å². The van der Waals surface area contributed by atoms with Crippen LogP contribution in [-0.4, -0.2) is 18.8 Å². The van der Waals surface area contributed by atoms with Gasteiger partial charge in [-0.1, -0.05) is 58.8 Å². The summed E-state index contributed by atoms with van der Waals surface area (Å²) in [5.74, 6) is 0. The van der Waals surface area contributed by atoms with E-state index in [4.69, 9.17) is 0 Å². The predicted molar refractivity (Wildman–Crippen MR) is 66.1 cm³/mol. The first-order valence-corrected chi connectivity index (χ1v) is 6.82. The Hall–Kier alpha value is -0.250. The van der Waals surface area contributed by atoms with Crippen LogP contribution in [0.4, 0.5) is 13.2 Å². The van der Waals surface area contributed by atoms with E-state index < -0.39 is 12.2 Å². The highest BCUT2D eigenvalue weighted by molar-refractivity contribution is 4.74. The van der Waals surface area contributed by atoms with E-state index in [1.54, 1.807) is 6.92 Å². The van der Waals surface area contributed by atoms with E-state index in [2.05, 4.69) is 12.2 Å². The van der Waals surface area contributed by atoms with Gasteiger partial charge in [0.1, 0.15) is 6.04 Å². The number of halogens is 3. The van der Waals surface area contributed by atoms with Crippen molar-refractivity contribution >= 4 is 0 Å². The van der Waals surface area contributed by atoms with Crippen molar-refractivity contribution in [3.63, 3.8) is 0 Å². The van der Waals surface area contributed by atoms with E-state index in [1.807, 2.05) is 0 Å². The predicted octanol–water partition coefficient (Wildman–Crippen LogP) is 4.67. The Kier molecular flexibility index (Phi) is 9.60. The first-order valence-electron chi connectivity index (χ1n) is 6.82. The summed E-state index contributed by atoms with van der Waals surface area (Å²) in [7, 11) is 0. The molecule has 1 N–H and O–H groups in total. The van der Waals surface area contributed by atoms with Crippen LogP contribution in [0, 0.1) is 0 Å². The third kappa shape index (κ3) is 9.45. The SMILES string of the molecule is CCCCCCCCCC(NCC)C(F)(F)F. The van der Waals surface area contributed by atoms with Gasteiger partial charge in [0.15, 0.2) is 0 Å². The lowest BCUT2D eigenvalue weighted by molar-refractivity contribution is -0.157. The number of unbranched alkanes of at least 4 members (excludes halogenated alkanes) is 6. The number of hydrogen-bond donors (Lipinski definition) is 1. The molecule has 0 aromatic rings. The van der Waals surface area contributed by atoms with Gasteiger partial charge in [0.2, 0.25) is 0 Å². The zero-order valence-corrected chi connectivity index (χ0v) is 11.1. The highest BCUT2D eigenvalue weighted by atomic mass is 19.4. The lowest BCUT2D eigenvalue weighted by Crippen LogP contribution is -2.42. The smallest absolute Gasteiger partial charge is 0.306 e. The molecule has 0 rings (SSSR count). The molecule has 0 aliphatic rings. The topological polar surface area (TPSA) is 12.0 Å². The minimum Gasteiger partial charge on any atom is -0.306 e. The Morgan fingerprint density at radius 3 is 1.88 bits per heavy atom. The van der Waals surface area contributed by atoms with Crippen molar-refractivity contribution in [1.82, 2.24) is 5.32 Å². The average Bonchev–Trinajstić information content (AvgIpc) is 2.25. The Morgan fingerprint density at radius 1 is 0.882 bits per heavy atom. The van der Waals surface area contributed by atoms with Crippen molar-refractivity contribution in [1.29, 1.82) is 0 Å². The number of rotatable bonds is 10. The Labute approximate surface area is 103 Å². The molecule has 0 saturated heterocycles. The van der Waals surface area contributed by atoms with E-state index in [1.165, 1.54) is 19.3 Å². The second-order valence-corrected chi connectivity index (χ2v) is 4.56. The summed E-state index contributed by atoms with van der Waals surface area (Å²) in [4.78, 5) is 0. The van der Waals surface area contributed by atoms with Crippen molar-refractivity contribution in [2.24, 2.45) is 0 Å². The molecule has 0 aliphatic carbocycles. The quantitative estimate of drug-likeness (QED) is 0.558. The van der Waals surface area contributed by atoms with Crippen LogP contribution in [-0.2, 0) is 0 Å². The van der Waals surface area contributed by atoms with E-state index in [9.17, 15) is 13.2 Å². The van der Waals surface area contributed by atoms with Crippen molar-refractivity contribution < 1.29 is 13.2 Å². The van der Waals surface area contributed by atoms with Gasteiger partial charge in [-0.25, -0.2) is 0 Å². The third-order valence-corrected chi connectivity index (χ3v) is 2.94. The zero-order chi connectivity index (χ0) is 13.1. The Bertz CT molecular complexity index is 169. The van der Waals surface area contributed by atoms with Gasteiger partial charge in [-0.15, -0.1) is 0 Å². The number of nitrogens with one attached hydrogen (secondary N) is 1. The molecule has 0 aromatic heterocycles. The van der Waals surface area contributed by atoms with Crippen LogP contribution in [0.5, 0.6) is 0 Å². The number of alkyl halides is 3. The molecule has 4 heteroatoms. The van der Waals surface area contributed by atoms with Gasteiger partial charge >= 0.3 is 6.18 Å². The minimum atomic E-state index is -4.10. The summed E-state index contributed by atoms with van der Waals surface area (Å²) in [5, 5.41) is 2.51. The zero-order valence-electron chi connectivity index (χ0n) is 11.1. The first-order chi connectivity index (χ1) is 8.02. The van der Waals surface area contributed by atoms with Crippen LogP contribution in [0.25, 0.3) is 0 Å². The summed E-state index contributed by atoms with van der Waals surface area (Å²) < 4.78 is 37.6. The van der Waals surface area contributed by atoms with Crippen molar-refractivity contribution in [3.05, 3.63) is 0 Å². The molecule has 0 radical (unpaired) electrons. The standard InChI is InChI=1S/C13H26F3N/c1-3-5-6-7-8-9-10-11-12(17-4-2)13(14,15)16/h12,17H,3-11H2,1-2H3. The van der Waals surface area contributed by atoms with Crippen molar-refractivity contribution in [2.45, 2.75) is 77.4 Å².